The van der Waals surface area contributed by atoms with Crippen molar-refractivity contribution < 1.29 is 38.4 Å². The number of epoxide rings is 1. The van der Waals surface area contributed by atoms with Crippen LogP contribution >= 0.6 is 0 Å². The van der Waals surface area contributed by atoms with Crippen molar-refractivity contribution in [1.29, 1.82) is 0 Å². The highest BCUT2D eigenvalue weighted by Gasteiger charge is 2.42. The first-order chi connectivity index (χ1) is 12.8. The molecule has 1 N–H and O–H groups in total. The third-order valence-electron chi connectivity index (χ3n) is 3.80. The molecular weight excluding hydrogens is 370 g/mol. The van der Waals surface area contributed by atoms with Gasteiger partial charge in [-0.1, -0.05) is 0 Å². The fourth-order valence-electron chi connectivity index (χ4n) is 2.55. The van der Waals surface area contributed by atoms with E-state index < -0.39 is 35.4 Å². The van der Waals surface area contributed by atoms with E-state index in [0.29, 0.717) is 17.7 Å². The number of carbonyl (C=O) groups is 3. The lowest BCUT2D eigenvalue weighted by molar-refractivity contribution is -0.147. The number of esters is 1. The van der Waals surface area contributed by atoms with E-state index in [1.165, 1.54) is 7.11 Å². The SMILES string of the molecule is COC(=O)[C@H](CCC[C@@H]1O[C@H]1CO)N(C(=O)OC(C)(C)C)C(=O)OC(C)(C)C. The van der Waals surface area contributed by atoms with E-state index in [1.807, 2.05) is 0 Å². The van der Waals surface area contributed by atoms with Gasteiger partial charge in [0.15, 0.2) is 0 Å². The summed E-state index contributed by atoms with van der Waals surface area (Å²) in [5.74, 6) is -0.743. The molecule has 9 heteroatoms. The van der Waals surface area contributed by atoms with Gasteiger partial charge in [0.05, 0.1) is 19.8 Å². The Morgan fingerprint density at radius 1 is 1.00 bits per heavy atom. The second-order valence-corrected chi connectivity index (χ2v) is 8.70. The molecule has 2 amide bonds. The minimum absolute atomic E-state index is 0.0625. The smallest absolute Gasteiger partial charge is 0.420 e. The van der Waals surface area contributed by atoms with E-state index in [2.05, 4.69) is 0 Å². The molecule has 0 unspecified atom stereocenters. The topological polar surface area (TPSA) is 115 Å². The van der Waals surface area contributed by atoms with Crippen molar-refractivity contribution in [2.45, 2.75) is 90.3 Å². The van der Waals surface area contributed by atoms with Crippen LogP contribution in [0.15, 0.2) is 0 Å². The molecule has 0 bridgehead atoms. The van der Waals surface area contributed by atoms with Crippen LogP contribution in [-0.4, -0.2) is 71.3 Å². The predicted octanol–water partition coefficient (Wildman–Crippen LogP) is 2.63. The maximum atomic E-state index is 12.7. The van der Waals surface area contributed by atoms with E-state index in [-0.39, 0.29) is 25.2 Å². The minimum atomic E-state index is -1.19. The molecule has 0 aromatic carbocycles. The van der Waals surface area contributed by atoms with Crippen LogP contribution in [0.3, 0.4) is 0 Å². The standard InChI is InChI=1S/C19H33NO8/c1-18(2,3)27-16(23)20(17(24)28-19(4,5)6)12(15(22)25-7)9-8-10-13-14(11-21)26-13/h12-14,21H,8-11H2,1-7H3/t12-,13-,14-/m0/s1. The quantitative estimate of drug-likeness (QED) is 0.392. The van der Waals surface area contributed by atoms with E-state index in [1.54, 1.807) is 41.5 Å². The van der Waals surface area contributed by atoms with Crippen LogP contribution in [0.4, 0.5) is 9.59 Å². The highest BCUT2D eigenvalue weighted by Crippen LogP contribution is 2.28. The molecule has 0 aromatic heterocycles. The Kier molecular flexibility index (Phi) is 8.25. The molecule has 0 spiro atoms. The number of imide groups is 1. The fraction of sp³-hybridized carbons (Fsp3) is 0.842. The van der Waals surface area contributed by atoms with Gasteiger partial charge in [-0.2, -0.15) is 4.90 Å². The summed E-state index contributed by atoms with van der Waals surface area (Å²) in [6, 6.07) is -1.19. The summed E-state index contributed by atoms with van der Waals surface area (Å²) in [6.45, 7) is 9.88. The third-order valence-corrected chi connectivity index (χ3v) is 3.80. The number of aliphatic hydroxyl groups is 1. The van der Waals surface area contributed by atoms with Gasteiger partial charge >= 0.3 is 18.2 Å². The molecule has 1 saturated heterocycles. The maximum absolute atomic E-state index is 12.7. The number of nitrogens with zero attached hydrogens (tertiary/aromatic N) is 1. The van der Waals surface area contributed by atoms with Crippen molar-refractivity contribution in [3.05, 3.63) is 0 Å². The summed E-state index contributed by atoms with van der Waals surface area (Å²) < 4.78 is 20.7. The van der Waals surface area contributed by atoms with Gasteiger partial charge in [-0.3, -0.25) is 0 Å². The molecule has 1 aliphatic rings. The number of methoxy groups -OCH3 is 1. The normalized spacial score (nSPS) is 20.1. The number of rotatable bonds is 7. The average Bonchev–Trinajstić information content (AvgIpc) is 3.28. The van der Waals surface area contributed by atoms with E-state index in [4.69, 9.17) is 24.1 Å². The Balaban J connectivity index is 2.98. The van der Waals surface area contributed by atoms with Gasteiger partial charge < -0.3 is 24.1 Å². The van der Waals surface area contributed by atoms with Crippen LogP contribution in [0.1, 0.15) is 60.8 Å². The molecule has 0 radical (unpaired) electrons. The Labute approximate surface area is 166 Å². The molecule has 0 saturated carbocycles. The number of carbonyl (C=O) groups excluding carboxylic acids is 3. The number of amides is 2. The first kappa shape index (κ1) is 24.2. The van der Waals surface area contributed by atoms with E-state index in [9.17, 15) is 14.4 Å². The van der Waals surface area contributed by atoms with Gasteiger partial charge in [-0.15, -0.1) is 0 Å². The van der Waals surface area contributed by atoms with Crippen LogP contribution in [0.5, 0.6) is 0 Å². The molecular formula is C19H33NO8. The van der Waals surface area contributed by atoms with Crippen LogP contribution < -0.4 is 0 Å². The van der Waals surface area contributed by atoms with Crippen molar-refractivity contribution in [3.8, 4) is 0 Å². The molecule has 1 aliphatic heterocycles. The van der Waals surface area contributed by atoms with Crippen LogP contribution in [0.25, 0.3) is 0 Å². The second-order valence-electron chi connectivity index (χ2n) is 8.70. The maximum Gasteiger partial charge on any atom is 0.420 e. The summed E-state index contributed by atoms with van der Waals surface area (Å²) in [5.41, 5.74) is -1.73. The zero-order valence-corrected chi connectivity index (χ0v) is 17.8. The van der Waals surface area contributed by atoms with Crippen molar-refractivity contribution in [3.63, 3.8) is 0 Å². The van der Waals surface area contributed by atoms with Crippen molar-refractivity contribution in [1.82, 2.24) is 4.90 Å². The molecule has 3 atom stereocenters. The van der Waals surface area contributed by atoms with Crippen molar-refractivity contribution in [2.75, 3.05) is 13.7 Å². The predicted molar refractivity (Wildman–Crippen MR) is 99.7 cm³/mol. The van der Waals surface area contributed by atoms with Crippen molar-refractivity contribution >= 4 is 18.2 Å². The number of aliphatic hydroxyl groups excluding tert-OH is 1. The molecule has 0 aromatic rings. The summed E-state index contributed by atoms with van der Waals surface area (Å²) >= 11 is 0. The van der Waals surface area contributed by atoms with Crippen LogP contribution in [0.2, 0.25) is 0 Å². The van der Waals surface area contributed by atoms with Gasteiger partial charge in [0.1, 0.15) is 23.3 Å². The highest BCUT2D eigenvalue weighted by molar-refractivity contribution is 5.94. The number of hydrogen-bond acceptors (Lipinski definition) is 8. The lowest BCUT2D eigenvalue weighted by atomic mass is 10.1. The average molecular weight is 403 g/mol. The Morgan fingerprint density at radius 3 is 1.86 bits per heavy atom. The zero-order chi connectivity index (χ0) is 21.7. The molecule has 28 heavy (non-hydrogen) atoms. The molecule has 162 valence electrons. The monoisotopic (exact) mass is 403 g/mol. The molecule has 1 rings (SSSR count). The van der Waals surface area contributed by atoms with Gasteiger partial charge in [-0.25, -0.2) is 14.4 Å². The Morgan fingerprint density at radius 2 is 1.50 bits per heavy atom. The molecule has 9 nitrogen and oxygen atoms in total. The number of hydrogen-bond donors (Lipinski definition) is 1. The van der Waals surface area contributed by atoms with Gasteiger partial charge in [0.25, 0.3) is 0 Å². The molecule has 0 aliphatic carbocycles. The highest BCUT2D eigenvalue weighted by atomic mass is 16.6. The Bertz CT molecular complexity index is 535. The van der Waals surface area contributed by atoms with E-state index in [0.717, 1.165) is 0 Å². The van der Waals surface area contributed by atoms with Crippen molar-refractivity contribution in [2.24, 2.45) is 0 Å². The minimum Gasteiger partial charge on any atom is -0.467 e. The van der Waals surface area contributed by atoms with Crippen LogP contribution in [-0.2, 0) is 23.7 Å². The second kappa shape index (κ2) is 9.56. The third kappa shape index (κ3) is 8.02. The summed E-state index contributed by atoms with van der Waals surface area (Å²) in [6.07, 6.45) is -1.02. The van der Waals surface area contributed by atoms with E-state index >= 15 is 0 Å². The lowest BCUT2D eigenvalue weighted by Crippen LogP contribution is -2.52. The summed E-state index contributed by atoms with van der Waals surface area (Å²) in [5, 5.41) is 9.03. The summed E-state index contributed by atoms with van der Waals surface area (Å²) in [4.78, 5) is 38.4. The van der Waals surface area contributed by atoms with Gasteiger partial charge in [0.2, 0.25) is 0 Å². The fourth-order valence-corrected chi connectivity index (χ4v) is 2.55. The van der Waals surface area contributed by atoms with Crippen LogP contribution in [0, 0.1) is 0 Å². The largest absolute Gasteiger partial charge is 0.467 e. The Hall–Kier alpha value is -1.87. The molecule has 1 fully saturated rings. The van der Waals surface area contributed by atoms with Gasteiger partial charge in [0, 0.05) is 0 Å². The lowest BCUT2D eigenvalue weighted by Gasteiger charge is -2.32. The first-order valence-corrected chi connectivity index (χ1v) is 9.38. The first-order valence-electron chi connectivity index (χ1n) is 9.38. The van der Waals surface area contributed by atoms with Gasteiger partial charge in [-0.05, 0) is 60.8 Å². The molecule has 1 heterocycles. The zero-order valence-electron chi connectivity index (χ0n) is 17.8. The summed E-state index contributed by atoms with van der Waals surface area (Å²) in [7, 11) is 1.18. The number of ether oxygens (including phenoxy) is 4.